The summed E-state index contributed by atoms with van der Waals surface area (Å²) >= 11 is 0. The van der Waals surface area contributed by atoms with Crippen LogP contribution in [0.25, 0.3) is 0 Å². The Bertz CT molecular complexity index is 1370. The predicted octanol–water partition coefficient (Wildman–Crippen LogP) is 22.3. The molecule has 0 aliphatic heterocycles. The summed E-state index contributed by atoms with van der Waals surface area (Å²) in [5, 5.41) is 3.08. The third-order valence-electron chi connectivity index (χ3n) is 16.5. The molecule has 0 saturated heterocycles. The molecule has 0 saturated carbocycles. The van der Waals surface area contributed by atoms with Crippen molar-refractivity contribution in [2.75, 3.05) is 40.9 Å². The van der Waals surface area contributed by atoms with Crippen LogP contribution in [0.15, 0.2) is 12.2 Å². The number of phosphoric acid groups is 1. The van der Waals surface area contributed by atoms with Gasteiger partial charge in [0.05, 0.1) is 33.8 Å². The molecular formula is C70H140N2O7P+. The number of quaternary nitrogens is 1. The first-order chi connectivity index (χ1) is 38.9. The Balaban J connectivity index is 5.03. The molecule has 0 spiro atoms. The van der Waals surface area contributed by atoms with Crippen LogP contribution in [0, 0.1) is 0 Å². The van der Waals surface area contributed by atoms with E-state index in [9.17, 15) is 19.0 Å². The minimum absolute atomic E-state index is 0.0461. The molecule has 10 heteroatoms. The summed E-state index contributed by atoms with van der Waals surface area (Å²) in [7, 11) is 1.52. The second kappa shape index (κ2) is 60.9. The van der Waals surface area contributed by atoms with Gasteiger partial charge in [-0.05, 0) is 31.8 Å². The van der Waals surface area contributed by atoms with Gasteiger partial charge in [-0.3, -0.25) is 18.6 Å². The van der Waals surface area contributed by atoms with Gasteiger partial charge in [0.15, 0.2) is 0 Å². The summed E-state index contributed by atoms with van der Waals surface area (Å²) < 4.78 is 30.8. The molecule has 1 amide bonds. The van der Waals surface area contributed by atoms with Crippen LogP contribution in [-0.4, -0.2) is 74.3 Å². The molecule has 0 rings (SSSR count). The van der Waals surface area contributed by atoms with E-state index in [0.717, 1.165) is 57.8 Å². The zero-order chi connectivity index (χ0) is 58.6. The van der Waals surface area contributed by atoms with Crippen molar-refractivity contribution in [1.29, 1.82) is 0 Å². The molecule has 0 fully saturated rings. The number of unbranched alkanes of at least 4 members (excludes halogenated alkanes) is 50. The normalized spacial score (nSPS) is 13.5. The summed E-state index contributed by atoms with van der Waals surface area (Å²) in [6.07, 6.45) is 72.2. The van der Waals surface area contributed by atoms with E-state index >= 15 is 0 Å². The Morgan fingerprint density at radius 2 is 0.713 bits per heavy atom. The first-order valence-corrected chi connectivity index (χ1v) is 37.0. The van der Waals surface area contributed by atoms with E-state index in [0.29, 0.717) is 23.9 Å². The van der Waals surface area contributed by atoms with Gasteiger partial charge in [0.1, 0.15) is 19.3 Å². The first-order valence-electron chi connectivity index (χ1n) is 35.5. The SMILES string of the molecule is CCCCCCCCCCCC/C=C/C(OC(=O)CCCCCCCCCCCCCCCCCCCCCCCCC)C(COP(=O)(O)OCC[N+](C)(C)C)NC(=O)CCCCCCCCCCCCCCCCCCCCC. The molecule has 3 unspecified atom stereocenters. The highest BCUT2D eigenvalue weighted by molar-refractivity contribution is 7.47. The van der Waals surface area contributed by atoms with E-state index in [1.807, 2.05) is 27.2 Å². The van der Waals surface area contributed by atoms with Crippen molar-refractivity contribution in [3.8, 4) is 0 Å². The van der Waals surface area contributed by atoms with E-state index in [2.05, 4.69) is 32.2 Å². The van der Waals surface area contributed by atoms with Gasteiger partial charge in [-0.15, -0.1) is 0 Å². The van der Waals surface area contributed by atoms with Gasteiger partial charge < -0.3 is 19.4 Å². The maximum atomic E-state index is 13.6. The lowest BCUT2D eigenvalue weighted by atomic mass is 10.0. The van der Waals surface area contributed by atoms with Crippen LogP contribution in [0.2, 0.25) is 0 Å². The lowest BCUT2D eigenvalue weighted by Gasteiger charge is -2.27. The van der Waals surface area contributed by atoms with Gasteiger partial charge >= 0.3 is 13.8 Å². The van der Waals surface area contributed by atoms with E-state index in [4.69, 9.17) is 13.8 Å². The number of hydrogen-bond donors (Lipinski definition) is 2. The van der Waals surface area contributed by atoms with Crippen molar-refractivity contribution < 1.29 is 37.3 Å². The fourth-order valence-corrected chi connectivity index (χ4v) is 11.7. The molecule has 0 aromatic carbocycles. The molecule has 3 atom stereocenters. The topological polar surface area (TPSA) is 111 Å². The van der Waals surface area contributed by atoms with E-state index in [1.165, 1.54) is 283 Å². The van der Waals surface area contributed by atoms with Gasteiger partial charge in [-0.2, -0.15) is 0 Å². The number of allylic oxidation sites excluding steroid dienone is 1. The maximum Gasteiger partial charge on any atom is 0.472 e. The average molecular weight is 1150 g/mol. The quantitative estimate of drug-likeness (QED) is 0.0205. The molecule has 80 heavy (non-hydrogen) atoms. The minimum atomic E-state index is -4.44. The van der Waals surface area contributed by atoms with Gasteiger partial charge in [0.25, 0.3) is 0 Å². The molecule has 0 aliphatic carbocycles. The molecule has 2 N–H and O–H groups in total. The van der Waals surface area contributed by atoms with Gasteiger partial charge in [-0.1, -0.05) is 341 Å². The van der Waals surface area contributed by atoms with E-state index in [1.54, 1.807) is 0 Å². The summed E-state index contributed by atoms with van der Waals surface area (Å²) in [4.78, 5) is 37.9. The standard InChI is InChI=1S/C70H139N2O7P/c1-7-10-13-16-19-22-25-28-30-32-34-35-36-37-39-41-43-45-48-51-54-57-60-63-70(74)79-68(61-58-55-52-49-46-27-24-21-18-15-12-9-3)67(66-78-80(75,76)77-65-64-72(4,5)6)71-69(73)62-59-56-53-50-47-44-42-40-38-33-31-29-26-23-20-17-14-11-8-2/h58,61,67-68H,7-57,59-60,62-66H2,1-6H3,(H-,71,73,75,76)/p+1/b61-58+. The van der Waals surface area contributed by atoms with Crippen LogP contribution in [-0.2, 0) is 27.9 Å². The number of likely N-dealkylation sites (N-methyl/N-ethyl adjacent to an activating group) is 1. The number of nitrogens with one attached hydrogen (secondary N) is 1. The number of rotatable bonds is 66. The highest BCUT2D eigenvalue weighted by Gasteiger charge is 2.30. The Morgan fingerprint density at radius 1 is 0.425 bits per heavy atom. The summed E-state index contributed by atoms with van der Waals surface area (Å²) in [5.74, 6) is -0.477. The van der Waals surface area contributed by atoms with Crippen molar-refractivity contribution in [2.24, 2.45) is 0 Å². The summed E-state index contributed by atoms with van der Waals surface area (Å²) in [6.45, 7) is 7.09. The Kier molecular flexibility index (Phi) is 59.9. The Hall–Kier alpha value is -1.25. The molecule has 0 heterocycles. The van der Waals surface area contributed by atoms with Crippen LogP contribution >= 0.6 is 7.82 Å². The number of nitrogens with zero attached hydrogens (tertiary/aromatic N) is 1. The van der Waals surface area contributed by atoms with Gasteiger partial charge in [-0.25, -0.2) is 4.57 Å². The van der Waals surface area contributed by atoms with Crippen LogP contribution in [0.1, 0.15) is 374 Å². The third kappa shape index (κ3) is 61.3. The van der Waals surface area contributed by atoms with Gasteiger partial charge in [0, 0.05) is 12.8 Å². The zero-order valence-corrected chi connectivity index (χ0v) is 55.5. The molecule has 0 aromatic rings. The molecule has 0 radical (unpaired) electrons. The van der Waals surface area contributed by atoms with Crippen molar-refractivity contribution >= 4 is 19.7 Å². The second-order valence-electron chi connectivity index (χ2n) is 25.8. The number of phosphoric ester groups is 1. The monoisotopic (exact) mass is 1150 g/mol. The average Bonchev–Trinajstić information content (AvgIpc) is 3.42. The third-order valence-corrected chi connectivity index (χ3v) is 17.5. The predicted molar refractivity (Wildman–Crippen MR) is 347 cm³/mol. The van der Waals surface area contributed by atoms with Crippen molar-refractivity contribution in [2.45, 2.75) is 386 Å². The number of esters is 1. The van der Waals surface area contributed by atoms with E-state index < -0.39 is 20.0 Å². The number of amides is 1. The molecule has 9 nitrogen and oxygen atoms in total. The van der Waals surface area contributed by atoms with Crippen LogP contribution in [0.3, 0.4) is 0 Å². The fraction of sp³-hybridized carbons (Fsp3) is 0.943. The fourth-order valence-electron chi connectivity index (χ4n) is 11.0. The van der Waals surface area contributed by atoms with E-state index in [-0.39, 0.29) is 25.1 Å². The first kappa shape index (κ1) is 78.8. The van der Waals surface area contributed by atoms with Crippen LogP contribution in [0.5, 0.6) is 0 Å². The Labute approximate surface area is 499 Å². The molecule has 476 valence electrons. The second-order valence-corrected chi connectivity index (χ2v) is 27.2. The van der Waals surface area contributed by atoms with Crippen LogP contribution in [0.4, 0.5) is 0 Å². The number of ether oxygens (including phenoxy) is 1. The lowest BCUT2D eigenvalue weighted by molar-refractivity contribution is -0.870. The highest BCUT2D eigenvalue weighted by Crippen LogP contribution is 2.43. The number of carbonyl (C=O) groups excluding carboxylic acids is 2. The largest absolute Gasteiger partial charge is 0.472 e. The summed E-state index contributed by atoms with van der Waals surface area (Å²) in [5.41, 5.74) is 0. The maximum absolute atomic E-state index is 13.6. The number of carbonyl (C=O) groups is 2. The van der Waals surface area contributed by atoms with Crippen molar-refractivity contribution in [3.05, 3.63) is 12.2 Å². The van der Waals surface area contributed by atoms with Gasteiger partial charge in [0.2, 0.25) is 5.91 Å². The van der Waals surface area contributed by atoms with Crippen molar-refractivity contribution in [1.82, 2.24) is 5.32 Å². The molecule has 0 bridgehead atoms. The zero-order valence-electron chi connectivity index (χ0n) is 54.6. The van der Waals surface area contributed by atoms with Crippen molar-refractivity contribution in [3.63, 3.8) is 0 Å². The Morgan fingerprint density at radius 3 is 1.02 bits per heavy atom. The summed E-state index contributed by atoms with van der Waals surface area (Å²) in [6, 6.07) is -0.840. The molecule has 0 aromatic heterocycles. The number of hydrogen-bond acceptors (Lipinski definition) is 6. The minimum Gasteiger partial charge on any atom is -0.456 e. The smallest absolute Gasteiger partial charge is 0.456 e. The van der Waals surface area contributed by atoms with Crippen LogP contribution < -0.4 is 5.32 Å². The molecular weight excluding hydrogens is 1010 g/mol. The molecule has 0 aliphatic rings. The lowest BCUT2D eigenvalue weighted by Crippen LogP contribution is -2.47. The highest BCUT2D eigenvalue weighted by atomic mass is 31.2.